The van der Waals surface area contributed by atoms with E-state index in [0.717, 1.165) is 22.3 Å². The van der Waals surface area contributed by atoms with Gasteiger partial charge in [0.15, 0.2) is 23.0 Å². The number of benzene rings is 3. The van der Waals surface area contributed by atoms with Crippen LogP contribution in [0.25, 0.3) is 6.08 Å². The second-order valence-corrected chi connectivity index (χ2v) is 10.5. The van der Waals surface area contributed by atoms with Crippen LogP contribution in [0.15, 0.2) is 83.0 Å². The number of allylic oxidation sites excluding steroid dienone is 1. The molecule has 0 spiro atoms. The van der Waals surface area contributed by atoms with Crippen molar-refractivity contribution in [2.75, 3.05) is 55.7 Å². The summed E-state index contributed by atoms with van der Waals surface area (Å²) in [4.78, 5) is 2.30. The number of rotatable bonds is 10. The summed E-state index contributed by atoms with van der Waals surface area (Å²) < 4.78 is 40.2. The Morgan fingerprint density at radius 3 is 1.98 bits per heavy atom. The third-order valence-corrected chi connectivity index (χ3v) is 7.97. The van der Waals surface area contributed by atoms with Crippen molar-refractivity contribution in [1.29, 1.82) is 5.26 Å². The Bertz CT molecular complexity index is 1710. The van der Waals surface area contributed by atoms with Gasteiger partial charge in [-0.15, -0.1) is 0 Å². The minimum absolute atomic E-state index is 0.0276. The summed E-state index contributed by atoms with van der Waals surface area (Å²) in [5, 5.41) is 10.4. The highest BCUT2D eigenvalue weighted by Crippen LogP contribution is 2.49. The molecule has 234 valence electrons. The number of nitrogens with zero attached hydrogens (tertiary/aromatic N) is 2. The third kappa shape index (κ3) is 6.08. The molecule has 2 heterocycles. The smallest absolute Gasteiger partial charge is 0.205 e. The van der Waals surface area contributed by atoms with Crippen LogP contribution in [0.4, 0.5) is 0 Å². The molecule has 10 heteroatoms. The first-order valence-corrected chi connectivity index (χ1v) is 14.3. The van der Waals surface area contributed by atoms with E-state index in [4.69, 9.17) is 38.9 Å². The molecular formula is C35H37N3O7. The maximum atomic E-state index is 10.4. The van der Waals surface area contributed by atoms with E-state index < -0.39 is 5.92 Å². The molecular weight excluding hydrogens is 574 g/mol. The van der Waals surface area contributed by atoms with Gasteiger partial charge in [-0.25, -0.2) is 0 Å². The monoisotopic (exact) mass is 611 g/mol. The van der Waals surface area contributed by atoms with Crippen LogP contribution < -0.4 is 34.2 Å². The van der Waals surface area contributed by atoms with E-state index >= 15 is 0 Å². The quantitative estimate of drug-likeness (QED) is 0.319. The molecule has 0 fully saturated rings. The van der Waals surface area contributed by atoms with Gasteiger partial charge in [-0.2, -0.15) is 5.26 Å². The zero-order valence-electron chi connectivity index (χ0n) is 26.3. The molecule has 3 aromatic carbocycles. The molecule has 1 unspecified atom stereocenters. The van der Waals surface area contributed by atoms with Gasteiger partial charge in [0.05, 0.1) is 48.6 Å². The number of hydrogen-bond donors (Lipinski definition) is 1. The normalized spacial score (nSPS) is 17.3. The first-order chi connectivity index (χ1) is 21.9. The maximum Gasteiger partial charge on any atom is 0.205 e. The number of ether oxygens (including phenoxy) is 7. The average Bonchev–Trinajstić information content (AvgIpc) is 3.07. The maximum absolute atomic E-state index is 10.4. The van der Waals surface area contributed by atoms with Crippen LogP contribution in [0.3, 0.4) is 0 Å². The van der Waals surface area contributed by atoms with Crippen molar-refractivity contribution in [3.05, 3.63) is 99.6 Å². The van der Waals surface area contributed by atoms with Crippen LogP contribution in [-0.2, 0) is 11.3 Å². The van der Waals surface area contributed by atoms with Gasteiger partial charge in [0.1, 0.15) is 28.9 Å². The Kier molecular flexibility index (Phi) is 9.40. The fraction of sp³-hybridized carbons (Fsp3) is 0.286. The average molecular weight is 612 g/mol. The zero-order chi connectivity index (χ0) is 32.1. The fourth-order valence-corrected chi connectivity index (χ4v) is 5.88. The summed E-state index contributed by atoms with van der Waals surface area (Å²) in [6, 6.07) is 19.8. The van der Waals surface area contributed by atoms with E-state index in [0.29, 0.717) is 65.5 Å². The van der Waals surface area contributed by atoms with Crippen LogP contribution >= 0.6 is 0 Å². The molecule has 1 atom stereocenters. The molecule has 2 aliphatic rings. The highest BCUT2D eigenvalue weighted by atomic mass is 16.5. The van der Waals surface area contributed by atoms with Gasteiger partial charge in [-0.05, 0) is 29.3 Å². The minimum atomic E-state index is -0.581. The molecule has 0 bridgehead atoms. The molecule has 2 N–H and O–H groups in total. The highest BCUT2D eigenvalue weighted by molar-refractivity contribution is 5.70. The van der Waals surface area contributed by atoms with E-state index in [1.165, 1.54) is 0 Å². The summed E-state index contributed by atoms with van der Waals surface area (Å²) in [6.45, 7) is 1.70. The van der Waals surface area contributed by atoms with Crippen LogP contribution in [0.2, 0.25) is 0 Å². The van der Waals surface area contributed by atoms with Crippen molar-refractivity contribution < 1.29 is 33.2 Å². The minimum Gasteiger partial charge on any atom is -0.496 e. The fourth-order valence-electron chi connectivity index (χ4n) is 5.88. The molecule has 2 aliphatic heterocycles. The zero-order valence-corrected chi connectivity index (χ0v) is 26.3. The molecule has 0 saturated heterocycles. The number of nitrogens with two attached hydrogens (primary N) is 1. The van der Waals surface area contributed by atoms with E-state index in [2.05, 4.69) is 23.1 Å². The number of nitriles is 1. The van der Waals surface area contributed by atoms with Crippen LogP contribution in [0.5, 0.6) is 34.5 Å². The first-order valence-electron chi connectivity index (χ1n) is 14.3. The molecule has 0 aliphatic carbocycles. The SMILES string of the molecule is COc1cc(OC)c(OC)cc1/C=C1\CN(Cc2ccccc2)CC2=C1OC(N)=C(C#N)C2c1cc(OC)c(OC)cc1OC. The third-order valence-electron chi connectivity index (χ3n) is 7.97. The van der Waals surface area contributed by atoms with Crippen molar-refractivity contribution >= 4 is 6.08 Å². The van der Waals surface area contributed by atoms with Gasteiger partial charge in [-0.1, -0.05) is 30.3 Å². The van der Waals surface area contributed by atoms with Crippen molar-refractivity contribution in [1.82, 2.24) is 4.90 Å². The van der Waals surface area contributed by atoms with Gasteiger partial charge in [-0.3, -0.25) is 4.90 Å². The summed E-state index contributed by atoms with van der Waals surface area (Å²) in [7, 11) is 9.48. The van der Waals surface area contributed by atoms with Gasteiger partial charge >= 0.3 is 0 Å². The molecule has 0 aromatic heterocycles. The molecule has 5 rings (SSSR count). The highest BCUT2D eigenvalue weighted by Gasteiger charge is 2.39. The Balaban J connectivity index is 1.74. The second-order valence-electron chi connectivity index (χ2n) is 10.5. The molecule has 0 radical (unpaired) electrons. The van der Waals surface area contributed by atoms with Crippen LogP contribution in [0, 0.1) is 11.3 Å². The Labute approximate surface area is 263 Å². The Hall–Kier alpha value is -5.27. The van der Waals surface area contributed by atoms with Gasteiger partial charge in [0.25, 0.3) is 0 Å². The number of methoxy groups -OCH3 is 6. The van der Waals surface area contributed by atoms with Crippen LogP contribution in [0.1, 0.15) is 22.6 Å². The standard InChI is InChI=1S/C35H37N3O7/c1-39-27-15-31(43-5)29(41-3)13-22(27)12-23-19-38(18-21-10-8-7-9-11-21)20-26-33(25(17-36)35(37)45-34(23)26)24-14-30(42-4)32(44-6)16-28(24)40-2/h7-16,33H,18-20,37H2,1-6H3/b23-12+. The first kappa shape index (κ1) is 31.2. The van der Waals surface area contributed by atoms with E-state index in [1.807, 2.05) is 36.4 Å². The summed E-state index contributed by atoms with van der Waals surface area (Å²) in [5.41, 5.74) is 11.1. The van der Waals surface area contributed by atoms with Crippen molar-refractivity contribution in [3.8, 4) is 40.6 Å². The van der Waals surface area contributed by atoms with Crippen molar-refractivity contribution in [3.63, 3.8) is 0 Å². The second kappa shape index (κ2) is 13.6. The van der Waals surface area contributed by atoms with Crippen molar-refractivity contribution in [2.45, 2.75) is 12.5 Å². The molecule has 0 amide bonds. The van der Waals surface area contributed by atoms with Gasteiger partial charge in [0, 0.05) is 48.5 Å². The van der Waals surface area contributed by atoms with Gasteiger partial charge < -0.3 is 38.9 Å². The van der Waals surface area contributed by atoms with E-state index in [9.17, 15) is 5.26 Å². The van der Waals surface area contributed by atoms with Crippen LogP contribution in [-0.4, -0.2) is 60.6 Å². The Morgan fingerprint density at radius 1 is 0.800 bits per heavy atom. The number of hydrogen-bond acceptors (Lipinski definition) is 10. The lowest BCUT2D eigenvalue weighted by Gasteiger charge is -2.38. The lowest BCUT2D eigenvalue weighted by atomic mass is 9.79. The molecule has 45 heavy (non-hydrogen) atoms. The van der Waals surface area contributed by atoms with E-state index in [1.54, 1.807) is 54.8 Å². The summed E-state index contributed by atoms with van der Waals surface area (Å²) >= 11 is 0. The predicted molar refractivity (Wildman–Crippen MR) is 170 cm³/mol. The predicted octanol–water partition coefficient (Wildman–Crippen LogP) is 5.40. The lowest BCUT2D eigenvalue weighted by Crippen LogP contribution is -2.38. The molecule has 10 nitrogen and oxygen atoms in total. The summed E-state index contributed by atoms with van der Waals surface area (Å²) in [6.07, 6.45) is 2.00. The Morgan fingerprint density at radius 2 is 1.38 bits per heavy atom. The van der Waals surface area contributed by atoms with E-state index in [-0.39, 0.29) is 11.5 Å². The largest absolute Gasteiger partial charge is 0.496 e. The summed E-state index contributed by atoms with van der Waals surface area (Å²) in [5.74, 6) is 3.27. The van der Waals surface area contributed by atoms with Gasteiger partial charge in [0.2, 0.25) is 5.88 Å². The topological polar surface area (TPSA) is 118 Å². The van der Waals surface area contributed by atoms with Crippen molar-refractivity contribution in [2.24, 2.45) is 5.73 Å². The molecule has 3 aromatic rings. The molecule has 0 saturated carbocycles. The lowest BCUT2D eigenvalue weighted by molar-refractivity contribution is 0.229.